The average molecular weight is 130 g/mol. The lowest BCUT2D eigenvalue weighted by Crippen LogP contribution is -1.76. The molecule has 0 aliphatic heterocycles. The van der Waals surface area contributed by atoms with Crippen LogP contribution >= 0.6 is 11.8 Å². The number of thioether (sulfide) groups is 1. The summed E-state index contributed by atoms with van der Waals surface area (Å²) in [6.07, 6.45) is 2.70. The number of hydrogen-bond donors (Lipinski definition) is 0. The van der Waals surface area contributed by atoms with Gasteiger partial charge in [0, 0.05) is 4.91 Å². The number of allylic oxidation sites excluding steroid dienone is 2. The minimum Gasteiger partial charge on any atom is -0.297 e. The molecule has 0 saturated heterocycles. The SMILES string of the molecule is C/C=C(/C=O)SCC. The van der Waals surface area contributed by atoms with Crippen LogP contribution in [0.5, 0.6) is 0 Å². The lowest BCUT2D eigenvalue weighted by molar-refractivity contribution is -0.104. The first-order valence-corrected chi connectivity index (χ1v) is 3.58. The summed E-state index contributed by atoms with van der Waals surface area (Å²) in [6, 6.07) is 0. The van der Waals surface area contributed by atoms with Crippen molar-refractivity contribution in [1.82, 2.24) is 0 Å². The van der Waals surface area contributed by atoms with E-state index in [1.165, 1.54) is 0 Å². The van der Waals surface area contributed by atoms with Crippen LogP contribution < -0.4 is 0 Å². The van der Waals surface area contributed by atoms with E-state index < -0.39 is 0 Å². The van der Waals surface area contributed by atoms with Crippen molar-refractivity contribution in [1.29, 1.82) is 0 Å². The quantitative estimate of drug-likeness (QED) is 0.428. The molecule has 0 atom stereocenters. The van der Waals surface area contributed by atoms with E-state index >= 15 is 0 Å². The third kappa shape index (κ3) is 2.86. The highest BCUT2D eigenvalue weighted by atomic mass is 32.2. The van der Waals surface area contributed by atoms with E-state index in [4.69, 9.17) is 0 Å². The smallest absolute Gasteiger partial charge is 0.156 e. The standard InChI is InChI=1S/C6H10OS/c1-3-6(5-7)8-4-2/h3,5H,4H2,1-2H3/b6-3-. The topological polar surface area (TPSA) is 17.1 Å². The Morgan fingerprint density at radius 3 is 2.50 bits per heavy atom. The zero-order valence-corrected chi connectivity index (χ0v) is 5.99. The van der Waals surface area contributed by atoms with Gasteiger partial charge >= 0.3 is 0 Å². The van der Waals surface area contributed by atoms with Crippen LogP contribution in [0, 0.1) is 0 Å². The summed E-state index contributed by atoms with van der Waals surface area (Å²) in [5.74, 6) is 0.971. The molecule has 0 spiro atoms. The van der Waals surface area contributed by atoms with Gasteiger partial charge < -0.3 is 0 Å². The third-order valence-electron chi connectivity index (χ3n) is 0.712. The second-order valence-electron chi connectivity index (χ2n) is 1.24. The van der Waals surface area contributed by atoms with E-state index in [2.05, 4.69) is 0 Å². The molecule has 0 aliphatic carbocycles. The Kier molecular flexibility index (Phi) is 4.76. The lowest BCUT2D eigenvalue weighted by Gasteiger charge is -1.89. The third-order valence-corrected chi connectivity index (χ3v) is 1.67. The van der Waals surface area contributed by atoms with Crippen LogP contribution in [-0.4, -0.2) is 12.0 Å². The summed E-state index contributed by atoms with van der Waals surface area (Å²) >= 11 is 1.57. The van der Waals surface area contributed by atoms with Crippen molar-refractivity contribution in [2.75, 3.05) is 5.75 Å². The van der Waals surface area contributed by atoms with E-state index in [0.29, 0.717) is 0 Å². The number of carbonyl (C=O) groups excluding carboxylic acids is 1. The molecule has 0 amide bonds. The van der Waals surface area contributed by atoms with Crippen LogP contribution in [0.25, 0.3) is 0 Å². The molecule has 46 valence electrons. The highest BCUT2D eigenvalue weighted by Crippen LogP contribution is 2.10. The maximum atomic E-state index is 10.0. The monoisotopic (exact) mass is 130 g/mol. The summed E-state index contributed by atoms with van der Waals surface area (Å²) in [5, 5.41) is 0. The van der Waals surface area contributed by atoms with E-state index in [1.54, 1.807) is 11.8 Å². The molecule has 0 aromatic carbocycles. The largest absolute Gasteiger partial charge is 0.297 e. The van der Waals surface area contributed by atoms with Crippen LogP contribution in [0.15, 0.2) is 11.0 Å². The second-order valence-corrected chi connectivity index (χ2v) is 2.58. The van der Waals surface area contributed by atoms with Gasteiger partial charge in [-0.05, 0) is 12.7 Å². The van der Waals surface area contributed by atoms with E-state index in [9.17, 15) is 4.79 Å². The Morgan fingerprint density at radius 1 is 1.75 bits per heavy atom. The molecule has 2 heteroatoms. The fraction of sp³-hybridized carbons (Fsp3) is 0.500. The number of carbonyl (C=O) groups is 1. The Balaban J connectivity index is 3.54. The van der Waals surface area contributed by atoms with Gasteiger partial charge in [-0.25, -0.2) is 0 Å². The van der Waals surface area contributed by atoms with Gasteiger partial charge in [-0.1, -0.05) is 13.0 Å². The molecule has 0 fully saturated rings. The Bertz CT molecular complexity index is 96.7. The molecule has 0 bridgehead atoms. The van der Waals surface area contributed by atoms with Crippen LogP contribution in [0.1, 0.15) is 13.8 Å². The molecular weight excluding hydrogens is 120 g/mol. The van der Waals surface area contributed by atoms with Gasteiger partial charge in [0.1, 0.15) is 0 Å². The van der Waals surface area contributed by atoms with Gasteiger partial charge in [-0.15, -0.1) is 11.8 Å². The Morgan fingerprint density at radius 2 is 2.38 bits per heavy atom. The van der Waals surface area contributed by atoms with E-state index in [1.807, 2.05) is 19.9 Å². The van der Waals surface area contributed by atoms with Gasteiger partial charge in [0.05, 0.1) is 0 Å². The van der Waals surface area contributed by atoms with Crippen molar-refractivity contribution >= 4 is 18.0 Å². The molecule has 0 N–H and O–H groups in total. The molecule has 1 nitrogen and oxygen atoms in total. The van der Waals surface area contributed by atoms with Gasteiger partial charge in [0.15, 0.2) is 6.29 Å². The Hall–Kier alpha value is -0.240. The fourth-order valence-corrected chi connectivity index (χ4v) is 0.920. The molecule has 8 heavy (non-hydrogen) atoms. The molecule has 0 unspecified atom stereocenters. The summed E-state index contributed by atoms with van der Waals surface area (Å²) in [6.45, 7) is 3.89. The maximum Gasteiger partial charge on any atom is 0.156 e. The summed E-state index contributed by atoms with van der Waals surface area (Å²) in [5.41, 5.74) is 0. The summed E-state index contributed by atoms with van der Waals surface area (Å²) < 4.78 is 0. The molecular formula is C6H10OS. The second kappa shape index (κ2) is 4.91. The molecule has 0 heterocycles. The van der Waals surface area contributed by atoms with Crippen molar-refractivity contribution in [3.05, 3.63) is 11.0 Å². The molecule has 0 aromatic rings. The molecule has 0 radical (unpaired) electrons. The number of hydrogen-bond acceptors (Lipinski definition) is 2. The number of aldehydes is 1. The van der Waals surface area contributed by atoms with Crippen molar-refractivity contribution < 1.29 is 4.79 Å². The van der Waals surface area contributed by atoms with Crippen molar-refractivity contribution in [2.24, 2.45) is 0 Å². The van der Waals surface area contributed by atoms with E-state index in [-0.39, 0.29) is 0 Å². The summed E-state index contributed by atoms with van der Waals surface area (Å²) in [7, 11) is 0. The maximum absolute atomic E-state index is 10.0. The molecule has 0 aromatic heterocycles. The van der Waals surface area contributed by atoms with Crippen LogP contribution in [-0.2, 0) is 4.79 Å². The van der Waals surface area contributed by atoms with Crippen LogP contribution in [0.2, 0.25) is 0 Å². The van der Waals surface area contributed by atoms with Gasteiger partial charge in [0.25, 0.3) is 0 Å². The van der Waals surface area contributed by atoms with Crippen molar-refractivity contribution in [3.63, 3.8) is 0 Å². The first kappa shape index (κ1) is 7.76. The zero-order valence-electron chi connectivity index (χ0n) is 5.18. The summed E-state index contributed by atoms with van der Waals surface area (Å²) in [4.78, 5) is 10.9. The predicted octanol–water partition coefficient (Wildman–Crippen LogP) is 1.84. The van der Waals surface area contributed by atoms with Gasteiger partial charge in [-0.2, -0.15) is 0 Å². The minimum absolute atomic E-state index is 0.826. The first-order chi connectivity index (χ1) is 3.85. The van der Waals surface area contributed by atoms with Gasteiger partial charge in [-0.3, -0.25) is 4.79 Å². The van der Waals surface area contributed by atoms with Crippen LogP contribution in [0.3, 0.4) is 0 Å². The van der Waals surface area contributed by atoms with Crippen LogP contribution in [0.4, 0.5) is 0 Å². The first-order valence-electron chi connectivity index (χ1n) is 2.59. The number of rotatable bonds is 3. The zero-order chi connectivity index (χ0) is 6.41. The lowest BCUT2D eigenvalue weighted by atomic mass is 10.6. The highest BCUT2D eigenvalue weighted by Gasteiger charge is 1.87. The van der Waals surface area contributed by atoms with Crippen molar-refractivity contribution in [2.45, 2.75) is 13.8 Å². The average Bonchev–Trinajstić information content (AvgIpc) is 1.83. The Labute approximate surface area is 54.2 Å². The molecule has 0 aliphatic rings. The fourth-order valence-electron chi connectivity index (χ4n) is 0.352. The van der Waals surface area contributed by atoms with Gasteiger partial charge in [0.2, 0.25) is 0 Å². The predicted molar refractivity (Wildman–Crippen MR) is 38.0 cm³/mol. The van der Waals surface area contributed by atoms with Crippen molar-refractivity contribution in [3.8, 4) is 0 Å². The highest BCUT2D eigenvalue weighted by molar-refractivity contribution is 8.03. The molecule has 0 saturated carbocycles. The minimum atomic E-state index is 0.826. The van der Waals surface area contributed by atoms with E-state index in [0.717, 1.165) is 16.9 Å². The normalized spacial score (nSPS) is 11.5. The molecule has 0 rings (SSSR count).